The van der Waals surface area contributed by atoms with Crippen molar-refractivity contribution in [2.24, 2.45) is 5.14 Å². The third kappa shape index (κ3) is 4.88. The molecule has 0 bridgehead atoms. The monoisotopic (exact) mass is 308 g/mol. The summed E-state index contributed by atoms with van der Waals surface area (Å²) >= 11 is 0. The fourth-order valence-corrected chi connectivity index (χ4v) is 3.08. The first-order chi connectivity index (χ1) is 8.77. The van der Waals surface area contributed by atoms with Gasteiger partial charge < -0.3 is 4.74 Å². The molecule has 9 heteroatoms. The van der Waals surface area contributed by atoms with E-state index in [2.05, 4.69) is 4.72 Å². The summed E-state index contributed by atoms with van der Waals surface area (Å²) in [5.41, 5.74) is 0. The summed E-state index contributed by atoms with van der Waals surface area (Å²) in [5.74, 6) is 0. The van der Waals surface area contributed by atoms with E-state index in [4.69, 9.17) is 9.88 Å². The van der Waals surface area contributed by atoms with Crippen molar-refractivity contribution >= 4 is 20.0 Å². The number of hydrogen-bond acceptors (Lipinski definition) is 5. The maximum Gasteiger partial charge on any atom is 0.240 e. The molecule has 0 fully saturated rings. The Morgan fingerprint density at radius 1 is 1.21 bits per heavy atom. The lowest BCUT2D eigenvalue weighted by atomic mass is 10.4. The third-order valence-electron chi connectivity index (χ3n) is 2.26. The Hall–Kier alpha value is -1.00. The van der Waals surface area contributed by atoms with Crippen LogP contribution in [0.4, 0.5) is 0 Å². The molecule has 7 nitrogen and oxygen atoms in total. The molecule has 108 valence electrons. The van der Waals surface area contributed by atoms with Gasteiger partial charge >= 0.3 is 0 Å². The molecule has 19 heavy (non-hydrogen) atoms. The number of rotatable bonds is 7. The highest BCUT2D eigenvalue weighted by Gasteiger charge is 2.16. The van der Waals surface area contributed by atoms with Crippen molar-refractivity contribution in [1.82, 2.24) is 4.72 Å². The fourth-order valence-electron chi connectivity index (χ4n) is 1.32. The standard InChI is InChI=1S/C10H16N2O5S2/c1-17-7-3-6-12-19(15,16)10-5-2-4-9(8-10)18(11,13)14/h2,4-5,8,12H,3,6-7H2,1H3,(H2,11,13,14). The van der Waals surface area contributed by atoms with E-state index in [9.17, 15) is 16.8 Å². The van der Waals surface area contributed by atoms with Crippen LogP contribution >= 0.6 is 0 Å². The first-order valence-electron chi connectivity index (χ1n) is 5.39. The average molecular weight is 308 g/mol. The second kappa shape index (κ2) is 6.44. The van der Waals surface area contributed by atoms with E-state index in [1.807, 2.05) is 0 Å². The van der Waals surface area contributed by atoms with E-state index in [1.165, 1.54) is 25.3 Å². The molecular formula is C10H16N2O5S2. The molecule has 0 amide bonds. The minimum absolute atomic E-state index is 0.142. The number of hydrogen-bond donors (Lipinski definition) is 2. The van der Waals surface area contributed by atoms with Crippen molar-refractivity contribution in [2.45, 2.75) is 16.2 Å². The van der Waals surface area contributed by atoms with Crippen molar-refractivity contribution in [3.05, 3.63) is 24.3 Å². The fraction of sp³-hybridized carbons (Fsp3) is 0.400. The van der Waals surface area contributed by atoms with Crippen molar-refractivity contribution < 1.29 is 21.6 Å². The van der Waals surface area contributed by atoms with Gasteiger partial charge in [0.25, 0.3) is 0 Å². The molecule has 0 aliphatic carbocycles. The van der Waals surface area contributed by atoms with Crippen LogP contribution in [-0.4, -0.2) is 37.1 Å². The van der Waals surface area contributed by atoms with E-state index < -0.39 is 20.0 Å². The van der Waals surface area contributed by atoms with E-state index in [1.54, 1.807) is 0 Å². The molecule has 0 unspecified atom stereocenters. The Morgan fingerprint density at radius 3 is 2.42 bits per heavy atom. The van der Waals surface area contributed by atoms with Crippen molar-refractivity contribution in [1.29, 1.82) is 0 Å². The summed E-state index contributed by atoms with van der Waals surface area (Å²) in [6, 6.07) is 4.88. The Balaban J connectivity index is 2.90. The molecule has 0 saturated heterocycles. The third-order valence-corrected chi connectivity index (χ3v) is 4.63. The summed E-state index contributed by atoms with van der Waals surface area (Å²) in [4.78, 5) is -0.385. The molecule has 0 atom stereocenters. The van der Waals surface area contributed by atoms with Gasteiger partial charge in [-0.1, -0.05) is 6.07 Å². The molecule has 0 aromatic heterocycles. The van der Waals surface area contributed by atoms with Crippen molar-refractivity contribution in [3.8, 4) is 0 Å². The predicted molar refractivity (Wildman–Crippen MR) is 69.5 cm³/mol. The van der Waals surface area contributed by atoms with E-state index in [0.717, 1.165) is 6.07 Å². The Bertz CT molecular complexity index is 625. The van der Waals surface area contributed by atoms with E-state index in [-0.39, 0.29) is 16.3 Å². The second-order valence-electron chi connectivity index (χ2n) is 3.76. The number of methoxy groups -OCH3 is 1. The lowest BCUT2D eigenvalue weighted by Crippen LogP contribution is -2.26. The number of sulfonamides is 2. The van der Waals surface area contributed by atoms with E-state index in [0.29, 0.717) is 13.0 Å². The van der Waals surface area contributed by atoms with Gasteiger partial charge in [-0.3, -0.25) is 0 Å². The number of ether oxygens (including phenoxy) is 1. The molecule has 0 aliphatic rings. The summed E-state index contributed by atoms with van der Waals surface area (Å²) in [6.45, 7) is 0.634. The highest BCUT2D eigenvalue weighted by molar-refractivity contribution is 7.90. The van der Waals surface area contributed by atoms with Crippen LogP contribution in [0.25, 0.3) is 0 Å². The topological polar surface area (TPSA) is 116 Å². The van der Waals surface area contributed by atoms with Gasteiger partial charge in [-0.25, -0.2) is 26.7 Å². The molecule has 0 aliphatic heterocycles. The first-order valence-corrected chi connectivity index (χ1v) is 8.42. The van der Waals surface area contributed by atoms with Crippen molar-refractivity contribution in [3.63, 3.8) is 0 Å². The van der Waals surface area contributed by atoms with Gasteiger partial charge in [-0.05, 0) is 24.6 Å². The molecule has 3 N–H and O–H groups in total. The summed E-state index contributed by atoms with van der Waals surface area (Å²) in [6.07, 6.45) is 0.518. The second-order valence-corrected chi connectivity index (χ2v) is 7.09. The molecule has 1 rings (SSSR count). The van der Waals surface area contributed by atoms with Gasteiger partial charge in [0.15, 0.2) is 0 Å². The Morgan fingerprint density at radius 2 is 1.84 bits per heavy atom. The largest absolute Gasteiger partial charge is 0.385 e. The van der Waals surface area contributed by atoms with E-state index >= 15 is 0 Å². The van der Waals surface area contributed by atoms with Crippen molar-refractivity contribution in [2.75, 3.05) is 20.3 Å². The zero-order chi connectivity index (χ0) is 14.5. The van der Waals surface area contributed by atoms with Crippen LogP contribution in [0.5, 0.6) is 0 Å². The Kier molecular flexibility index (Phi) is 5.44. The molecule has 1 aromatic rings. The molecule has 0 saturated carbocycles. The molecule has 0 radical (unpaired) electrons. The summed E-state index contributed by atoms with van der Waals surface area (Å²) < 4.78 is 53.2. The minimum Gasteiger partial charge on any atom is -0.385 e. The summed E-state index contributed by atoms with van der Waals surface area (Å²) in [5, 5.41) is 4.95. The van der Waals surface area contributed by atoms with Crippen LogP contribution in [0.1, 0.15) is 6.42 Å². The smallest absolute Gasteiger partial charge is 0.240 e. The maximum atomic E-state index is 11.9. The van der Waals surface area contributed by atoms with Crippen LogP contribution in [0.2, 0.25) is 0 Å². The molecule has 0 spiro atoms. The molecule has 0 heterocycles. The van der Waals surface area contributed by atoms with Gasteiger partial charge in [0.1, 0.15) is 0 Å². The van der Waals surface area contributed by atoms with Crippen LogP contribution in [-0.2, 0) is 24.8 Å². The lowest BCUT2D eigenvalue weighted by Gasteiger charge is -2.07. The quantitative estimate of drug-likeness (QED) is 0.668. The van der Waals surface area contributed by atoms with Gasteiger partial charge in [-0.15, -0.1) is 0 Å². The lowest BCUT2D eigenvalue weighted by molar-refractivity contribution is 0.196. The number of benzene rings is 1. The van der Waals surface area contributed by atoms with Crippen LogP contribution < -0.4 is 9.86 Å². The van der Waals surface area contributed by atoms with Gasteiger partial charge in [0, 0.05) is 20.3 Å². The summed E-state index contributed by atoms with van der Waals surface area (Å²) in [7, 11) is -6.16. The SMILES string of the molecule is COCCCNS(=O)(=O)c1cccc(S(N)(=O)=O)c1. The number of primary sulfonamides is 1. The van der Waals surface area contributed by atoms with Crippen LogP contribution in [0.3, 0.4) is 0 Å². The maximum absolute atomic E-state index is 11.9. The first kappa shape index (κ1) is 16.1. The number of nitrogens with two attached hydrogens (primary N) is 1. The highest BCUT2D eigenvalue weighted by atomic mass is 32.2. The minimum atomic E-state index is -3.93. The predicted octanol–water partition coefficient (Wildman–Crippen LogP) is -0.351. The zero-order valence-corrected chi connectivity index (χ0v) is 12.0. The van der Waals surface area contributed by atoms with Gasteiger partial charge in [0.05, 0.1) is 9.79 Å². The average Bonchev–Trinajstić information content (AvgIpc) is 2.34. The molecular weight excluding hydrogens is 292 g/mol. The zero-order valence-electron chi connectivity index (χ0n) is 10.4. The highest BCUT2D eigenvalue weighted by Crippen LogP contribution is 2.14. The van der Waals surface area contributed by atoms with Crippen LogP contribution in [0, 0.1) is 0 Å². The normalized spacial score (nSPS) is 12.5. The van der Waals surface area contributed by atoms with Crippen LogP contribution in [0.15, 0.2) is 34.1 Å². The van der Waals surface area contributed by atoms with Gasteiger partial charge in [0.2, 0.25) is 20.0 Å². The van der Waals surface area contributed by atoms with Gasteiger partial charge in [-0.2, -0.15) is 0 Å². The number of nitrogens with one attached hydrogen (secondary N) is 1. The molecule has 1 aromatic carbocycles. The Labute approximate surface area is 112 Å².